The minimum atomic E-state index is -4.88. The van der Waals surface area contributed by atoms with Crippen molar-refractivity contribution in [2.75, 3.05) is 13.7 Å². The summed E-state index contributed by atoms with van der Waals surface area (Å²) in [5.74, 6) is -2.39. The van der Waals surface area contributed by atoms with Crippen molar-refractivity contribution in [3.63, 3.8) is 0 Å². The Balaban J connectivity index is 2.06. The third-order valence-electron chi connectivity index (χ3n) is 3.64. The van der Waals surface area contributed by atoms with Crippen molar-refractivity contribution in [2.45, 2.75) is 12.6 Å². The molecule has 0 aromatic heterocycles. The lowest BCUT2D eigenvalue weighted by Gasteiger charge is -2.15. The molecule has 0 saturated heterocycles. The minimum absolute atomic E-state index is 0.184. The molecule has 0 fully saturated rings. The van der Waals surface area contributed by atoms with Gasteiger partial charge in [-0.2, -0.15) is 13.2 Å². The topological polar surface area (TPSA) is 87.7 Å². The minimum Gasteiger partial charge on any atom is -0.504 e. The van der Waals surface area contributed by atoms with Gasteiger partial charge in [0.1, 0.15) is 0 Å². The number of hydrogen-bond acceptors (Lipinski definition) is 4. The van der Waals surface area contributed by atoms with E-state index in [9.17, 15) is 27.9 Å². The van der Waals surface area contributed by atoms with Crippen LogP contribution in [-0.4, -0.2) is 30.7 Å². The number of rotatable bonds is 5. The number of imide groups is 1. The summed E-state index contributed by atoms with van der Waals surface area (Å²) in [5.41, 5.74) is -1.27. The Hall–Kier alpha value is -3.23. The van der Waals surface area contributed by atoms with Crippen LogP contribution in [0.2, 0.25) is 0 Å². The number of phenolic OH excluding ortho intramolecular Hbond substituents is 1. The number of phenols is 1. The summed E-state index contributed by atoms with van der Waals surface area (Å²) in [6.45, 7) is 0.184. The Bertz CT molecular complexity index is 823. The first-order valence-corrected chi connectivity index (χ1v) is 7.83. The van der Waals surface area contributed by atoms with Crippen LogP contribution < -0.4 is 15.4 Å². The summed E-state index contributed by atoms with van der Waals surface area (Å²) < 4.78 is 44.1. The molecule has 0 aliphatic heterocycles. The van der Waals surface area contributed by atoms with Gasteiger partial charge in [-0.3, -0.25) is 10.1 Å². The highest BCUT2D eigenvalue weighted by Crippen LogP contribution is 2.38. The largest absolute Gasteiger partial charge is 0.504 e. The number of carbonyl (C=O) groups is 2. The third-order valence-corrected chi connectivity index (χ3v) is 3.64. The van der Waals surface area contributed by atoms with Gasteiger partial charge in [0.05, 0.1) is 18.2 Å². The van der Waals surface area contributed by atoms with E-state index in [1.165, 1.54) is 0 Å². The number of ether oxygens (including phenoxy) is 1. The van der Waals surface area contributed by atoms with E-state index in [0.717, 1.165) is 12.7 Å². The Morgan fingerprint density at radius 2 is 1.81 bits per heavy atom. The fourth-order valence-electron chi connectivity index (χ4n) is 2.33. The number of carbonyl (C=O) groups excluding carboxylic acids is 2. The molecule has 0 aliphatic carbocycles. The number of urea groups is 1. The molecule has 0 saturated carbocycles. The number of benzene rings is 2. The molecule has 0 radical (unpaired) electrons. The lowest BCUT2D eigenvalue weighted by Crippen LogP contribution is -2.40. The smallest absolute Gasteiger partial charge is 0.417 e. The summed E-state index contributed by atoms with van der Waals surface area (Å²) in [6.07, 6.45) is -4.39. The van der Waals surface area contributed by atoms with E-state index < -0.39 is 40.7 Å². The summed E-state index contributed by atoms with van der Waals surface area (Å²) in [7, 11) is 1.08. The summed E-state index contributed by atoms with van der Waals surface area (Å²) in [6, 6.07) is 9.35. The Morgan fingerprint density at radius 1 is 1.15 bits per heavy atom. The Kier molecular flexibility index (Phi) is 6.27. The monoisotopic (exact) mass is 382 g/mol. The van der Waals surface area contributed by atoms with Gasteiger partial charge in [0.2, 0.25) is 0 Å². The molecular formula is C18H17F3N2O4. The van der Waals surface area contributed by atoms with Crippen molar-refractivity contribution < 1.29 is 32.6 Å². The molecule has 0 bridgehead atoms. The number of halogens is 3. The molecule has 0 heterocycles. The van der Waals surface area contributed by atoms with Gasteiger partial charge >= 0.3 is 12.2 Å². The molecule has 3 amide bonds. The molecule has 0 atom stereocenters. The lowest BCUT2D eigenvalue weighted by atomic mass is 10.0. The summed E-state index contributed by atoms with van der Waals surface area (Å²) in [4.78, 5) is 23.9. The zero-order valence-electron chi connectivity index (χ0n) is 14.3. The molecule has 0 aliphatic rings. The van der Waals surface area contributed by atoms with E-state index in [1.807, 2.05) is 35.6 Å². The van der Waals surface area contributed by atoms with Crippen molar-refractivity contribution in [2.24, 2.45) is 0 Å². The zero-order valence-corrected chi connectivity index (χ0v) is 14.3. The molecule has 6 nitrogen and oxygen atoms in total. The highest BCUT2D eigenvalue weighted by Gasteiger charge is 2.37. The molecule has 9 heteroatoms. The first-order chi connectivity index (χ1) is 12.7. The number of alkyl halides is 3. The quantitative estimate of drug-likeness (QED) is 0.742. The molecule has 2 rings (SSSR count). The zero-order chi connectivity index (χ0) is 20.0. The van der Waals surface area contributed by atoms with Crippen molar-refractivity contribution in [1.29, 1.82) is 0 Å². The first kappa shape index (κ1) is 20.1. The van der Waals surface area contributed by atoms with E-state index in [1.54, 1.807) is 0 Å². The number of hydrogen-bond donors (Lipinski definition) is 3. The number of amides is 3. The highest BCUT2D eigenvalue weighted by atomic mass is 19.4. The van der Waals surface area contributed by atoms with Gasteiger partial charge in [0, 0.05) is 6.54 Å². The van der Waals surface area contributed by atoms with Crippen LogP contribution in [0.15, 0.2) is 42.5 Å². The van der Waals surface area contributed by atoms with Gasteiger partial charge in [-0.05, 0) is 24.1 Å². The van der Waals surface area contributed by atoms with Gasteiger partial charge in [0.25, 0.3) is 5.91 Å². The average Bonchev–Trinajstić information content (AvgIpc) is 2.61. The van der Waals surface area contributed by atoms with Crippen LogP contribution >= 0.6 is 0 Å². The predicted octanol–water partition coefficient (Wildman–Crippen LogP) is 3.10. The van der Waals surface area contributed by atoms with Crippen LogP contribution in [-0.2, 0) is 12.6 Å². The summed E-state index contributed by atoms with van der Waals surface area (Å²) in [5, 5.41) is 13.9. The maximum absolute atomic E-state index is 13.2. The maximum atomic E-state index is 13.2. The van der Waals surface area contributed by atoms with E-state index in [0.29, 0.717) is 18.6 Å². The molecule has 2 aromatic carbocycles. The van der Waals surface area contributed by atoms with Gasteiger partial charge in [-0.1, -0.05) is 30.3 Å². The van der Waals surface area contributed by atoms with E-state index in [4.69, 9.17) is 0 Å². The molecule has 0 spiro atoms. The van der Waals surface area contributed by atoms with Crippen molar-refractivity contribution in [3.8, 4) is 11.5 Å². The second-order valence-electron chi connectivity index (χ2n) is 5.51. The maximum Gasteiger partial charge on any atom is 0.417 e. The van der Waals surface area contributed by atoms with Gasteiger partial charge in [0.15, 0.2) is 11.5 Å². The predicted molar refractivity (Wildman–Crippen MR) is 90.7 cm³/mol. The molecule has 3 N–H and O–H groups in total. The van der Waals surface area contributed by atoms with E-state index in [2.05, 4.69) is 10.1 Å². The SMILES string of the molecule is COc1cc(C(F)(F)F)c(C(=O)NC(=O)NCCc2ccccc2)cc1O. The van der Waals surface area contributed by atoms with Crippen LogP contribution in [0.5, 0.6) is 11.5 Å². The van der Waals surface area contributed by atoms with Crippen LogP contribution in [0.3, 0.4) is 0 Å². The highest BCUT2D eigenvalue weighted by molar-refractivity contribution is 6.05. The fourth-order valence-corrected chi connectivity index (χ4v) is 2.33. The van der Waals surface area contributed by atoms with Crippen molar-refractivity contribution >= 4 is 11.9 Å². The molecule has 0 unspecified atom stereocenters. The van der Waals surface area contributed by atoms with Crippen LogP contribution in [0.25, 0.3) is 0 Å². The molecule has 27 heavy (non-hydrogen) atoms. The standard InChI is InChI=1S/C18H17F3N2O4/c1-27-15-10-13(18(19,20)21)12(9-14(15)24)16(25)23-17(26)22-8-7-11-5-3-2-4-6-11/h2-6,9-10,24H,7-8H2,1H3,(H2,22,23,25,26). The average molecular weight is 382 g/mol. The third kappa shape index (κ3) is 5.37. The number of methoxy groups -OCH3 is 1. The van der Waals surface area contributed by atoms with Gasteiger partial charge < -0.3 is 15.2 Å². The summed E-state index contributed by atoms with van der Waals surface area (Å²) >= 11 is 0. The Labute approximate surface area is 153 Å². The number of nitrogens with one attached hydrogen (secondary N) is 2. The van der Waals surface area contributed by atoms with Crippen LogP contribution in [0.4, 0.5) is 18.0 Å². The normalized spacial score (nSPS) is 11.0. The molecule has 2 aromatic rings. The van der Waals surface area contributed by atoms with Crippen molar-refractivity contribution in [1.82, 2.24) is 10.6 Å². The second kappa shape index (κ2) is 8.43. The van der Waals surface area contributed by atoms with E-state index in [-0.39, 0.29) is 6.54 Å². The molecular weight excluding hydrogens is 365 g/mol. The van der Waals surface area contributed by atoms with Gasteiger partial charge in [-0.25, -0.2) is 4.79 Å². The van der Waals surface area contributed by atoms with Crippen molar-refractivity contribution in [3.05, 3.63) is 59.2 Å². The Morgan fingerprint density at radius 3 is 2.41 bits per heavy atom. The number of aromatic hydroxyl groups is 1. The second-order valence-corrected chi connectivity index (χ2v) is 5.51. The first-order valence-electron chi connectivity index (χ1n) is 7.83. The molecule has 144 valence electrons. The van der Waals surface area contributed by atoms with E-state index >= 15 is 0 Å². The lowest BCUT2D eigenvalue weighted by molar-refractivity contribution is -0.138. The van der Waals surface area contributed by atoms with Crippen LogP contribution in [0, 0.1) is 0 Å². The fraction of sp³-hybridized carbons (Fsp3) is 0.222. The van der Waals surface area contributed by atoms with Crippen LogP contribution in [0.1, 0.15) is 21.5 Å². The van der Waals surface area contributed by atoms with Gasteiger partial charge in [-0.15, -0.1) is 0 Å².